The molecule has 0 saturated carbocycles. The first-order valence-electron chi connectivity index (χ1n) is 9.67. The maximum atomic E-state index is 12.4. The number of aryl methyl sites for hydroxylation is 2. The van der Waals surface area contributed by atoms with Crippen molar-refractivity contribution in [2.75, 3.05) is 32.8 Å². The molecule has 0 atom stereocenters. The topological polar surface area (TPSA) is 155 Å². The summed E-state index contributed by atoms with van der Waals surface area (Å²) in [6.45, 7) is 2.69. The van der Waals surface area contributed by atoms with Crippen LogP contribution >= 0.6 is 0 Å². The van der Waals surface area contributed by atoms with Gasteiger partial charge in [-0.15, -0.1) is 0 Å². The molecule has 0 saturated heterocycles. The summed E-state index contributed by atoms with van der Waals surface area (Å²) in [5.41, 5.74) is 7.61. The summed E-state index contributed by atoms with van der Waals surface area (Å²) >= 11 is 0. The monoisotopic (exact) mass is 459 g/mol. The fraction of sp³-hybridized carbons (Fsp3) is 0.273. The van der Waals surface area contributed by atoms with Gasteiger partial charge in [0.1, 0.15) is 0 Å². The molecule has 4 amide bonds. The van der Waals surface area contributed by atoms with E-state index >= 15 is 0 Å². The van der Waals surface area contributed by atoms with Crippen LogP contribution < -0.4 is 30.6 Å². The molecule has 0 heterocycles. The quantitative estimate of drug-likeness (QED) is 0.479. The van der Waals surface area contributed by atoms with Crippen molar-refractivity contribution < 1.29 is 38.1 Å². The smallest absolute Gasteiger partial charge is 0.338 e. The zero-order valence-corrected chi connectivity index (χ0v) is 18.6. The minimum absolute atomic E-state index is 0.0116. The summed E-state index contributed by atoms with van der Waals surface area (Å²) < 4.78 is 20.6. The molecule has 0 aromatic heterocycles. The highest BCUT2D eigenvalue weighted by molar-refractivity contribution is 6.02. The average molecular weight is 459 g/mol. The van der Waals surface area contributed by atoms with Gasteiger partial charge in [0, 0.05) is 5.69 Å². The molecule has 0 fully saturated rings. The Kier molecular flexibility index (Phi) is 8.61. The Labute approximate surface area is 190 Å². The van der Waals surface area contributed by atoms with Gasteiger partial charge >= 0.3 is 12.0 Å². The Bertz CT molecular complexity index is 1040. The number of nitrogens with two attached hydrogens (primary N) is 1. The molecule has 0 aliphatic heterocycles. The van der Waals surface area contributed by atoms with E-state index in [4.69, 9.17) is 24.7 Å². The van der Waals surface area contributed by atoms with Crippen molar-refractivity contribution in [1.82, 2.24) is 5.32 Å². The van der Waals surface area contributed by atoms with Crippen molar-refractivity contribution in [1.29, 1.82) is 0 Å². The highest BCUT2D eigenvalue weighted by Gasteiger charge is 2.20. The number of carbonyl (C=O) groups excluding carboxylic acids is 4. The first-order chi connectivity index (χ1) is 15.6. The van der Waals surface area contributed by atoms with Gasteiger partial charge in [-0.2, -0.15) is 0 Å². The largest absolute Gasteiger partial charge is 0.493 e. The van der Waals surface area contributed by atoms with Gasteiger partial charge in [-0.05, 0) is 49.2 Å². The lowest BCUT2D eigenvalue weighted by Crippen LogP contribution is -2.37. The van der Waals surface area contributed by atoms with Gasteiger partial charge in [0.15, 0.2) is 24.7 Å². The van der Waals surface area contributed by atoms with E-state index in [1.54, 1.807) is 12.1 Å². The number of nitrogens with one attached hydrogen (secondary N) is 2. The number of amides is 4. The van der Waals surface area contributed by atoms with E-state index in [-0.39, 0.29) is 22.8 Å². The molecule has 2 rings (SSSR count). The summed E-state index contributed by atoms with van der Waals surface area (Å²) in [6, 6.07) is 7.10. The molecule has 11 nitrogen and oxygen atoms in total. The normalized spacial score (nSPS) is 10.1. The first-order valence-corrected chi connectivity index (χ1v) is 9.67. The van der Waals surface area contributed by atoms with Crippen molar-refractivity contribution in [3.63, 3.8) is 0 Å². The highest BCUT2D eigenvalue weighted by atomic mass is 16.5. The maximum Gasteiger partial charge on any atom is 0.338 e. The minimum Gasteiger partial charge on any atom is -0.493 e. The predicted octanol–water partition coefficient (Wildman–Crippen LogP) is 1.69. The molecule has 2 aromatic carbocycles. The molecule has 2 aromatic rings. The van der Waals surface area contributed by atoms with E-state index in [0.717, 1.165) is 11.1 Å². The van der Waals surface area contributed by atoms with Gasteiger partial charge in [-0.1, -0.05) is 6.07 Å². The second kappa shape index (κ2) is 11.4. The number of rotatable bonds is 9. The fourth-order valence-corrected chi connectivity index (χ4v) is 2.64. The van der Waals surface area contributed by atoms with Crippen molar-refractivity contribution in [2.45, 2.75) is 13.8 Å². The van der Waals surface area contributed by atoms with Crippen LogP contribution in [0.5, 0.6) is 17.2 Å². The first kappa shape index (κ1) is 25.0. The van der Waals surface area contributed by atoms with E-state index < -0.39 is 37.0 Å². The Morgan fingerprint density at radius 3 is 2.09 bits per heavy atom. The number of ether oxygens (including phenoxy) is 4. The Morgan fingerprint density at radius 2 is 1.55 bits per heavy atom. The highest BCUT2D eigenvalue weighted by Crippen LogP contribution is 2.38. The van der Waals surface area contributed by atoms with Crippen LogP contribution in [0.15, 0.2) is 30.3 Å². The van der Waals surface area contributed by atoms with E-state index in [1.165, 1.54) is 26.4 Å². The summed E-state index contributed by atoms with van der Waals surface area (Å²) in [7, 11) is 2.64. The van der Waals surface area contributed by atoms with Gasteiger partial charge in [0.2, 0.25) is 5.75 Å². The lowest BCUT2D eigenvalue weighted by molar-refractivity contribution is -0.123. The standard InChI is InChI=1S/C22H25N3O8/c1-12-5-6-15(7-13(12)2)24-22(29)25-19(27)11-33-21(28)14-8-16(30-3)20(17(9-14)31-4)32-10-18(23)26/h5-9H,10-11H2,1-4H3,(H2,23,26)(H2,24,25,27,29). The van der Waals surface area contributed by atoms with Crippen LogP contribution in [0.1, 0.15) is 21.5 Å². The second-order valence-electron chi connectivity index (χ2n) is 6.84. The zero-order chi connectivity index (χ0) is 24.5. The fourth-order valence-electron chi connectivity index (χ4n) is 2.64. The van der Waals surface area contributed by atoms with Crippen molar-refractivity contribution in [3.8, 4) is 17.2 Å². The Morgan fingerprint density at radius 1 is 0.909 bits per heavy atom. The molecule has 0 bridgehead atoms. The van der Waals surface area contributed by atoms with Crippen LogP contribution in [-0.4, -0.2) is 51.2 Å². The van der Waals surface area contributed by atoms with Gasteiger partial charge in [0.05, 0.1) is 19.8 Å². The molecular formula is C22H25N3O8. The van der Waals surface area contributed by atoms with Crippen LogP contribution in [0.3, 0.4) is 0 Å². The number of primary amides is 1. The average Bonchev–Trinajstić information content (AvgIpc) is 2.77. The Balaban J connectivity index is 1.98. The molecule has 11 heteroatoms. The van der Waals surface area contributed by atoms with Crippen LogP contribution in [0, 0.1) is 13.8 Å². The number of urea groups is 1. The number of esters is 1. The number of benzene rings is 2. The number of anilines is 1. The zero-order valence-electron chi connectivity index (χ0n) is 18.6. The lowest BCUT2D eigenvalue weighted by atomic mass is 10.1. The molecule has 4 N–H and O–H groups in total. The van der Waals surface area contributed by atoms with E-state index in [1.807, 2.05) is 19.9 Å². The number of methoxy groups -OCH3 is 2. The molecular weight excluding hydrogens is 434 g/mol. The van der Waals surface area contributed by atoms with Crippen LogP contribution in [-0.2, 0) is 14.3 Å². The number of hydrogen-bond donors (Lipinski definition) is 3. The summed E-state index contributed by atoms with van der Waals surface area (Å²) in [5.74, 6) is -2.19. The molecule has 0 unspecified atom stereocenters. The van der Waals surface area contributed by atoms with Crippen LogP contribution in [0.4, 0.5) is 10.5 Å². The van der Waals surface area contributed by atoms with Gasteiger partial charge < -0.3 is 30.0 Å². The van der Waals surface area contributed by atoms with Crippen molar-refractivity contribution in [3.05, 3.63) is 47.0 Å². The van der Waals surface area contributed by atoms with Gasteiger partial charge in [-0.3, -0.25) is 14.9 Å². The third kappa shape index (κ3) is 7.13. The number of hydrogen-bond acceptors (Lipinski definition) is 8. The summed E-state index contributed by atoms with van der Waals surface area (Å²) in [4.78, 5) is 47.3. The van der Waals surface area contributed by atoms with Crippen molar-refractivity contribution in [2.24, 2.45) is 5.73 Å². The van der Waals surface area contributed by atoms with Crippen molar-refractivity contribution >= 4 is 29.5 Å². The molecule has 0 radical (unpaired) electrons. The Hall–Kier alpha value is -4.28. The van der Waals surface area contributed by atoms with E-state index in [0.29, 0.717) is 5.69 Å². The molecule has 0 aliphatic rings. The number of imide groups is 1. The second-order valence-corrected chi connectivity index (χ2v) is 6.84. The van der Waals surface area contributed by atoms with Crippen LogP contribution in [0.2, 0.25) is 0 Å². The molecule has 0 spiro atoms. The molecule has 0 aliphatic carbocycles. The molecule has 176 valence electrons. The summed E-state index contributed by atoms with van der Waals surface area (Å²) in [5, 5.41) is 4.60. The number of carbonyl (C=O) groups is 4. The van der Waals surface area contributed by atoms with E-state index in [9.17, 15) is 19.2 Å². The lowest BCUT2D eigenvalue weighted by Gasteiger charge is -2.15. The summed E-state index contributed by atoms with van der Waals surface area (Å²) in [6.07, 6.45) is 0. The third-order valence-corrected chi connectivity index (χ3v) is 4.41. The minimum atomic E-state index is -0.877. The van der Waals surface area contributed by atoms with Crippen LogP contribution in [0.25, 0.3) is 0 Å². The van der Waals surface area contributed by atoms with Gasteiger partial charge in [-0.25, -0.2) is 9.59 Å². The van der Waals surface area contributed by atoms with E-state index in [2.05, 4.69) is 10.6 Å². The SMILES string of the molecule is COc1cc(C(=O)OCC(=O)NC(=O)Nc2ccc(C)c(C)c2)cc(OC)c1OCC(N)=O. The third-order valence-electron chi connectivity index (χ3n) is 4.41. The maximum absolute atomic E-state index is 12.4. The molecule has 33 heavy (non-hydrogen) atoms. The van der Waals surface area contributed by atoms with Gasteiger partial charge in [0.25, 0.3) is 11.8 Å². The predicted molar refractivity (Wildman–Crippen MR) is 118 cm³/mol.